The summed E-state index contributed by atoms with van der Waals surface area (Å²) in [6.45, 7) is 0. The number of likely N-dealkylation sites (tertiary alicyclic amines) is 1. The number of rotatable bonds is 0. The monoisotopic (exact) mass is 314 g/mol. The molecule has 0 aromatic heterocycles. The quantitative estimate of drug-likeness (QED) is 0.589. The highest BCUT2D eigenvalue weighted by Gasteiger charge is 2.62. The number of imide groups is 2. The first-order valence-corrected chi connectivity index (χ1v) is 7.32. The van der Waals surface area contributed by atoms with Gasteiger partial charge in [0.2, 0.25) is 23.6 Å². The number of nitriles is 2. The van der Waals surface area contributed by atoms with Gasteiger partial charge in [-0.3, -0.25) is 29.4 Å². The summed E-state index contributed by atoms with van der Waals surface area (Å²) in [4.78, 5) is 49.5. The van der Waals surface area contributed by atoms with Gasteiger partial charge < -0.3 is 0 Å². The largest absolute Gasteiger partial charge is 0.294 e. The van der Waals surface area contributed by atoms with Gasteiger partial charge in [-0.2, -0.15) is 10.5 Å². The minimum atomic E-state index is -1.20. The highest BCUT2D eigenvalue weighted by molar-refractivity contribution is 6.06. The summed E-state index contributed by atoms with van der Waals surface area (Å²) >= 11 is 0. The summed E-state index contributed by atoms with van der Waals surface area (Å²) in [5.74, 6) is -5.63. The maximum atomic E-state index is 12.3. The molecule has 8 heteroatoms. The lowest BCUT2D eigenvalue weighted by atomic mass is 9.54. The summed E-state index contributed by atoms with van der Waals surface area (Å²) in [6.07, 6.45) is 0.537. The van der Waals surface area contributed by atoms with Crippen molar-refractivity contribution in [2.24, 2.45) is 29.1 Å². The zero-order valence-electron chi connectivity index (χ0n) is 12.4. The molecule has 1 aliphatic carbocycles. The van der Waals surface area contributed by atoms with E-state index in [1.165, 1.54) is 7.05 Å². The van der Waals surface area contributed by atoms with Crippen molar-refractivity contribution in [3.05, 3.63) is 0 Å². The molecule has 4 atom stereocenters. The summed E-state index contributed by atoms with van der Waals surface area (Å²) in [7, 11) is 1.40. The molecule has 3 fully saturated rings. The Labute approximate surface area is 132 Å². The van der Waals surface area contributed by atoms with Crippen LogP contribution in [0.2, 0.25) is 0 Å². The average molecular weight is 314 g/mol. The zero-order chi connectivity index (χ0) is 16.9. The molecule has 2 heterocycles. The molecule has 3 rings (SSSR count). The summed E-state index contributed by atoms with van der Waals surface area (Å²) < 4.78 is 0. The van der Waals surface area contributed by atoms with Gasteiger partial charge in [-0.25, -0.2) is 0 Å². The third kappa shape index (κ3) is 1.81. The molecule has 2 aliphatic heterocycles. The van der Waals surface area contributed by atoms with Gasteiger partial charge in [0.25, 0.3) is 0 Å². The zero-order valence-corrected chi connectivity index (χ0v) is 12.4. The van der Waals surface area contributed by atoms with E-state index < -0.39 is 40.9 Å². The second-order valence-corrected chi connectivity index (χ2v) is 6.40. The van der Waals surface area contributed by atoms with Crippen LogP contribution in [0.3, 0.4) is 0 Å². The predicted octanol–water partition coefficient (Wildman–Crippen LogP) is -0.676. The third-order valence-corrected chi connectivity index (χ3v) is 5.48. The smallest absolute Gasteiger partial charge is 0.244 e. The number of hydrogen-bond acceptors (Lipinski definition) is 6. The van der Waals surface area contributed by atoms with Gasteiger partial charge >= 0.3 is 0 Å². The summed E-state index contributed by atoms with van der Waals surface area (Å²) in [5, 5.41) is 20.8. The molecule has 118 valence electrons. The minimum Gasteiger partial charge on any atom is -0.294 e. The molecule has 0 aromatic carbocycles. The van der Waals surface area contributed by atoms with Crippen LogP contribution in [0.15, 0.2) is 0 Å². The van der Waals surface area contributed by atoms with Gasteiger partial charge in [0.15, 0.2) is 0 Å². The van der Waals surface area contributed by atoms with Crippen LogP contribution in [0.4, 0.5) is 0 Å². The molecule has 3 aliphatic rings. The summed E-state index contributed by atoms with van der Waals surface area (Å²) in [5.41, 5.74) is -1.20. The molecule has 1 N–H and O–H groups in total. The van der Waals surface area contributed by atoms with Crippen LogP contribution < -0.4 is 5.32 Å². The van der Waals surface area contributed by atoms with Crippen LogP contribution >= 0.6 is 0 Å². The van der Waals surface area contributed by atoms with Gasteiger partial charge in [-0.05, 0) is 19.3 Å². The highest BCUT2D eigenvalue weighted by atomic mass is 16.2. The predicted molar refractivity (Wildman–Crippen MR) is 72.4 cm³/mol. The lowest BCUT2D eigenvalue weighted by Gasteiger charge is -2.47. The molecule has 0 aromatic rings. The van der Waals surface area contributed by atoms with E-state index in [9.17, 15) is 29.7 Å². The first kappa shape index (κ1) is 15.2. The summed E-state index contributed by atoms with van der Waals surface area (Å²) in [6, 6.07) is 3.78. The van der Waals surface area contributed by atoms with Crippen molar-refractivity contribution in [2.75, 3.05) is 7.05 Å². The van der Waals surface area contributed by atoms with Crippen molar-refractivity contribution < 1.29 is 19.2 Å². The van der Waals surface area contributed by atoms with Gasteiger partial charge in [0.1, 0.15) is 11.8 Å². The van der Waals surface area contributed by atoms with Crippen LogP contribution in [0.5, 0.6) is 0 Å². The van der Waals surface area contributed by atoms with Gasteiger partial charge in [-0.15, -0.1) is 0 Å². The number of nitrogens with one attached hydrogen (secondary N) is 1. The Bertz CT molecular complexity index is 684. The van der Waals surface area contributed by atoms with Crippen LogP contribution in [-0.4, -0.2) is 35.6 Å². The van der Waals surface area contributed by atoms with Crippen molar-refractivity contribution in [3.8, 4) is 12.1 Å². The number of fused-ring (bicyclic) bond motifs is 1. The second kappa shape index (κ2) is 4.88. The maximum absolute atomic E-state index is 12.3. The lowest BCUT2D eigenvalue weighted by molar-refractivity contribution is -0.150. The Hall–Kier alpha value is -2.74. The van der Waals surface area contributed by atoms with E-state index in [4.69, 9.17) is 0 Å². The third-order valence-electron chi connectivity index (χ3n) is 5.48. The van der Waals surface area contributed by atoms with E-state index in [0.29, 0.717) is 0 Å². The van der Waals surface area contributed by atoms with Gasteiger partial charge in [0, 0.05) is 12.5 Å². The van der Waals surface area contributed by atoms with Crippen molar-refractivity contribution in [1.29, 1.82) is 10.5 Å². The Balaban J connectivity index is 2.06. The van der Waals surface area contributed by atoms with Crippen molar-refractivity contribution in [1.82, 2.24) is 10.2 Å². The Morgan fingerprint density at radius 3 is 2.09 bits per heavy atom. The fourth-order valence-corrected chi connectivity index (χ4v) is 4.29. The van der Waals surface area contributed by atoms with E-state index in [1.54, 1.807) is 0 Å². The average Bonchev–Trinajstić information content (AvgIpc) is 2.72. The van der Waals surface area contributed by atoms with Crippen molar-refractivity contribution in [3.63, 3.8) is 0 Å². The molecule has 8 nitrogen and oxygen atoms in total. The van der Waals surface area contributed by atoms with Gasteiger partial charge in [-0.1, -0.05) is 0 Å². The van der Waals surface area contributed by atoms with Crippen LogP contribution in [0.25, 0.3) is 0 Å². The number of hydrogen-bond donors (Lipinski definition) is 1. The van der Waals surface area contributed by atoms with Crippen LogP contribution in [-0.2, 0) is 19.2 Å². The van der Waals surface area contributed by atoms with E-state index in [0.717, 1.165) is 4.90 Å². The molecular weight excluding hydrogens is 300 g/mol. The number of carbonyl (C=O) groups is 4. The van der Waals surface area contributed by atoms with E-state index in [2.05, 4.69) is 5.32 Å². The Morgan fingerprint density at radius 1 is 1.04 bits per heavy atom. The number of piperidine rings is 1. The fraction of sp³-hybridized carbons (Fsp3) is 0.600. The molecule has 0 unspecified atom stereocenters. The lowest BCUT2D eigenvalue weighted by Crippen LogP contribution is -2.59. The van der Waals surface area contributed by atoms with E-state index >= 15 is 0 Å². The molecule has 4 amide bonds. The second-order valence-electron chi connectivity index (χ2n) is 6.40. The SMILES string of the molecule is CN1C(=O)[C@@H]2CCC3(C[C@H]2C1=O)[C@@H](C#N)C(=O)NC(=O)[C@@H]3C#N. The number of carbonyl (C=O) groups excluding carboxylic acids is 4. The molecule has 0 radical (unpaired) electrons. The number of amides is 4. The van der Waals surface area contributed by atoms with E-state index in [1.807, 2.05) is 12.1 Å². The molecule has 1 saturated carbocycles. The van der Waals surface area contributed by atoms with Gasteiger partial charge in [0.05, 0.1) is 24.0 Å². The van der Waals surface area contributed by atoms with E-state index in [-0.39, 0.29) is 31.1 Å². The normalized spacial score (nSPS) is 35.5. The molecule has 2 saturated heterocycles. The Morgan fingerprint density at radius 2 is 1.57 bits per heavy atom. The van der Waals surface area contributed by atoms with Crippen LogP contribution in [0.1, 0.15) is 19.3 Å². The van der Waals surface area contributed by atoms with Crippen molar-refractivity contribution >= 4 is 23.6 Å². The fourth-order valence-electron chi connectivity index (χ4n) is 4.29. The minimum absolute atomic E-state index is 0.0300. The number of nitrogens with zero attached hydrogens (tertiary/aromatic N) is 3. The molecule has 0 bridgehead atoms. The van der Waals surface area contributed by atoms with Crippen LogP contribution in [0, 0.1) is 51.7 Å². The maximum Gasteiger partial charge on any atom is 0.244 e. The first-order chi connectivity index (χ1) is 10.9. The molecular formula is C15H14N4O4. The molecule has 23 heavy (non-hydrogen) atoms. The Kier molecular flexibility index (Phi) is 3.22. The first-order valence-electron chi connectivity index (χ1n) is 7.32. The topological polar surface area (TPSA) is 131 Å². The molecule has 1 spiro atoms. The standard InChI is InChI=1S/C15H14N4O4/c1-19-13(22)7-2-3-15(4-8(7)14(19)23)9(5-16)11(20)18-12(21)10(15)6-17/h7-10H,2-4H2,1H3,(H,18,20,21)/t7-,8-,9+,10+/m1/s1. The highest BCUT2D eigenvalue weighted by Crippen LogP contribution is 2.55. The van der Waals surface area contributed by atoms with Crippen molar-refractivity contribution in [2.45, 2.75) is 19.3 Å².